The number of rotatable bonds is 4. The van der Waals surface area contributed by atoms with Gasteiger partial charge in [0.25, 0.3) is 0 Å². The molecular weight excluding hydrogens is 242 g/mol. The quantitative estimate of drug-likeness (QED) is 0.419. The minimum Gasteiger partial charge on any atom is -0.467 e. The van der Waals surface area contributed by atoms with Crippen molar-refractivity contribution in [3.05, 3.63) is 0 Å². The molecule has 1 aliphatic heterocycles. The first-order valence-corrected chi connectivity index (χ1v) is 6.57. The van der Waals surface area contributed by atoms with Crippen LogP contribution in [-0.2, 0) is 14.3 Å². The van der Waals surface area contributed by atoms with Crippen molar-refractivity contribution in [2.75, 3.05) is 45.4 Å². The van der Waals surface area contributed by atoms with E-state index in [4.69, 9.17) is 10.5 Å². The summed E-state index contributed by atoms with van der Waals surface area (Å²) in [6, 6.07) is 0. The van der Waals surface area contributed by atoms with E-state index in [0.29, 0.717) is 5.96 Å². The number of hydrogen-bond donors (Lipinski definition) is 1. The second kappa shape index (κ2) is 7.39. The molecule has 1 aliphatic rings. The molecule has 1 unspecified atom stereocenters. The van der Waals surface area contributed by atoms with Gasteiger partial charge in [0.1, 0.15) is 0 Å². The summed E-state index contributed by atoms with van der Waals surface area (Å²) in [4.78, 5) is 17.4. The lowest BCUT2D eigenvalue weighted by atomic mass is 10.3. The average Bonchev–Trinajstić information content (AvgIpc) is 2.39. The van der Waals surface area contributed by atoms with Gasteiger partial charge in [-0.05, 0) is 0 Å². The minimum atomic E-state index is -0.683. The van der Waals surface area contributed by atoms with Crippen molar-refractivity contribution in [2.45, 2.75) is 6.10 Å². The van der Waals surface area contributed by atoms with Crippen LogP contribution in [0.1, 0.15) is 0 Å². The summed E-state index contributed by atoms with van der Waals surface area (Å²) in [6.45, 7) is 1.99. The molecule has 1 saturated heterocycles. The van der Waals surface area contributed by atoms with Gasteiger partial charge in [-0.2, -0.15) is 11.8 Å². The fourth-order valence-electron chi connectivity index (χ4n) is 1.45. The lowest BCUT2D eigenvalue weighted by molar-refractivity contribution is -0.151. The lowest BCUT2D eigenvalue weighted by Gasteiger charge is -2.27. The molecule has 0 aliphatic carbocycles. The van der Waals surface area contributed by atoms with Crippen LogP contribution in [-0.4, -0.2) is 68.3 Å². The van der Waals surface area contributed by atoms with Crippen LogP contribution >= 0.6 is 11.8 Å². The smallest absolute Gasteiger partial charge is 0.336 e. The Balaban J connectivity index is 2.47. The molecule has 98 valence electrons. The third kappa shape index (κ3) is 4.43. The summed E-state index contributed by atoms with van der Waals surface area (Å²) in [5.41, 5.74) is 5.85. The first kappa shape index (κ1) is 14.1. The molecule has 6 nitrogen and oxygen atoms in total. The zero-order valence-electron chi connectivity index (χ0n) is 10.2. The van der Waals surface area contributed by atoms with E-state index in [1.807, 2.05) is 16.7 Å². The van der Waals surface area contributed by atoms with E-state index < -0.39 is 12.1 Å². The normalized spacial score (nSPS) is 18.9. The van der Waals surface area contributed by atoms with Crippen molar-refractivity contribution in [2.24, 2.45) is 10.7 Å². The number of ether oxygens (including phenoxy) is 2. The van der Waals surface area contributed by atoms with Gasteiger partial charge in [0, 0.05) is 31.7 Å². The zero-order chi connectivity index (χ0) is 12.7. The second-order valence-corrected chi connectivity index (χ2v) is 4.77. The number of guanidine groups is 1. The number of carbonyl (C=O) groups excluding carboxylic acids is 1. The molecule has 1 fully saturated rings. The van der Waals surface area contributed by atoms with Crippen molar-refractivity contribution in [1.82, 2.24) is 4.90 Å². The van der Waals surface area contributed by atoms with Crippen molar-refractivity contribution in [3.8, 4) is 0 Å². The summed E-state index contributed by atoms with van der Waals surface area (Å²) in [5, 5.41) is 0. The fourth-order valence-corrected chi connectivity index (χ4v) is 2.35. The van der Waals surface area contributed by atoms with E-state index in [0.717, 1.165) is 24.6 Å². The highest BCUT2D eigenvalue weighted by molar-refractivity contribution is 7.99. The van der Waals surface area contributed by atoms with Gasteiger partial charge in [0.2, 0.25) is 0 Å². The number of methoxy groups -OCH3 is 2. The largest absolute Gasteiger partial charge is 0.467 e. The molecule has 0 saturated carbocycles. The number of thioether (sulfide) groups is 1. The third-order valence-corrected chi connectivity index (χ3v) is 3.45. The molecule has 0 aromatic carbocycles. The molecule has 1 rings (SSSR count). The first-order valence-electron chi connectivity index (χ1n) is 5.42. The van der Waals surface area contributed by atoms with Crippen molar-refractivity contribution >= 4 is 23.7 Å². The van der Waals surface area contributed by atoms with Gasteiger partial charge in [-0.25, -0.2) is 9.79 Å². The molecule has 17 heavy (non-hydrogen) atoms. The highest BCUT2D eigenvalue weighted by Crippen LogP contribution is 2.08. The number of hydrogen-bond acceptors (Lipinski definition) is 5. The van der Waals surface area contributed by atoms with Gasteiger partial charge in [-0.3, -0.25) is 0 Å². The number of nitrogens with zero attached hydrogens (tertiary/aromatic N) is 2. The zero-order valence-corrected chi connectivity index (χ0v) is 11.0. The molecule has 2 N–H and O–H groups in total. The Labute approximate surface area is 106 Å². The molecule has 0 bridgehead atoms. The Kier molecular flexibility index (Phi) is 6.13. The average molecular weight is 261 g/mol. The van der Waals surface area contributed by atoms with Gasteiger partial charge in [-0.15, -0.1) is 0 Å². The second-order valence-electron chi connectivity index (χ2n) is 3.55. The van der Waals surface area contributed by atoms with E-state index >= 15 is 0 Å². The SMILES string of the molecule is COC(=O)C(CN=C(N)N1CCSCC1)OC. The third-order valence-electron chi connectivity index (χ3n) is 2.50. The van der Waals surface area contributed by atoms with Crippen LogP contribution in [0.3, 0.4) is 0 Å². The predicted molar refractivity (Wildman–Crippen MR) is 68.2 cm³/mol. The molecule has 7 heteroatoms. The molecular formula is C10H19N3O3S. The molecule has 0 radical (unpaired) electrons. The molecule has 0 aromatic rings. The fraction of sp³-hybridized carbons (Fsp3) is 0.800. The van der Waals surface area contributed by atoms with Crippen LogP contribution in [0.2, 0.25) is 0 Å². The van der Waals surface area contributed by atoms with Crippen LogP contribution in [0.15, 0.2) is 4.99 Å². The lowest BCUT2D eigenvalue weighted by Crippen LogP contribution is -2.43. The summed E-state index contributed by atoms with van der Waals surface area (Å²) in [7, 11) is 2.77. The summed E-state index contributed by atoms with van der Waals surface area (Å²) in [6.07, 6.45) is -0.683. The van der Waals surface area contributed by atoms with Gasteiger partial charge in [0.15, 0.2) is 12.1 Å². The number of esters is 1. The monoisotopic (exact) mass is 261 g/mol. The maximum Gasteiger partial charge on any atom is 0.336 e. The Morgan fingerprint density at radius 1 is 1.47 bits per heavy atom. The summed E-state index contributed by atoms with van der Waals surface area (Å²) >= 11 is 1.90. The number of nitrogens with two attached hydrogens (primary N) is 1. The van der Waals surface area contributed by atoms with E-state index in [-0.39, 0.29) is 6.54 Å². The molecule has 1 atom stereocenters. The van der Waals surface area contributed by atoms with Crippen molar-refractivity contribution < 1.29 is 14.3 Å². The van der Waals surface area contributed by atoms with Gasteiger partial charge in [0.05, 0.1) is 13.7 Å². The molecule has 0 spiro atoms. The highest BCUT2D eigenvalue weighted by atomic mass is 32.2. The Bertz CT molecular complexity index is 280. The highest BCUT2D eigenvalue weighted by Gasteiger charge is 2.19. The van der Waals surface area contributed by atoms with Gasteiger partial charge in [-0.1, -0.05) is 0 Å². The summed E-state index contributed by atoms with van der Waals surface area (Å²) < 4.78 is 9.57. The molecule has 0 amide bonds. The number of carbonyl (C=O) groups is 1. The van der Waals surface area contributed by atoms with Crippen LogP contribution in [0.4, 0.5) is 0 Å². The Hall–Kier alpha value is -0.950. The maximum atomic E-state index is 11.3. The Morgan fingerprint density at radius 2 is 2.12 bits per heavy atom. The summed E-state index contributed by atoms with van der Waals surface area (Å²) in [5.74, 6) is 2.15. The molecule has 1 heterocycles. The Morgan fingerprint density at radius 3 is 2.65 bits per heavy atom. The van der Waals surface area contributed by atoms with Crippen LogP contribution in [0, 0.1) is 0 Å². The van der Waals surface area contributed by atoms with Crippen molar-refractivity contribution in [1.29, 1.82) is 0 Å². The van der Waals surface area contributed by atoms with Crippen molar-refractivity contribution in [3.63, 3.8) is 0 Å². The van der Waals surface area contributed by atoms with E-state index in [9.17, 15) is 4.79 Å². The topological polar surface area (TPSA) is 77.1 Å². The maximum absolute atomic E-state index is 11.3. The predicted octanol–water partition coefficient (Wildman–Crippen LogP) is -0.462. The number of aliphatic imine (C=N–C) groups is 1. The standard InChI is InChI=1S/C10H19N3O3S/c1-15-8(9(14)16-2)7-12-10(11)13-3-5-17-6-4-13/h8H,3-7H2,1-2H3,(H2,11,12). The van der Waals surface area contributed by atoms with Crippen LogP contribution in [0.25, 0.3) is 0 Å². The van der Waals surface area contributed by atoms with E-state index in [1.165, 1.54) is 14.2 Å². The first-order chi connectivity index (χ1) is 8.19. The molecule has 0 aromatic heterocycles. The van der Waals surface area contributed by atoms with Crippen LogP contribution < -0.4 is 5.73 Å². The van der Waals surface area contributed by atoms with E-state index in [1.54, 1.807) is 0 Å². The van der Waals surface area contributed by atoms with Gasteiger partial charge < -0.3 is 20.1 Å². The van der Waals surface area contributed by atoms with Gasteiger partial charge >= 0.3 is 5.97 Å². The van der Waals surface area contributed by atoms with E-state index in [2.05, 4.69) is 9.73 Å². The minimum absolute atomic E-state index is 0.193. The van der Waals surface area contributed by atoms with Crippen LogP contribution in [0.5, 0.6) is 0 Å².